The molecule has 1 rings (SSSR count). The van der Waals surface area contributed by atoms with E-state index in [9.17, 15) is 13.0 Å². The second-order valence-corrected chi connectivity index (χ2v) is 3.15. The Labute approximate surface area is 124 Å². The van der Waals surface area contributed by atoms with Gasteiger partial charge in [-0.25, -0.2) is 8.42 Å². The number of hydrogen-bond acceptors (Lipinski definition) is 3. The van der Waals surface area contributed by atoms with Crippen LogP contribution in [-0.2, 0) is 10.1 Å². The smallest absolute Gasteiger partial charge is 0.744 e. The summed E-state index contributed by atoms with van der Waals surface area (Å²) in [7, 11) is -4.25. The zero-order chi connectivity index (χ0) is 7.61. The van der Waals surface area contributed by atoms with Gasteiger partial charge in [0.05, 0.1) is 4.90 Å². The van der Waals surface area contributed by atoms with Crippen LogP contribution in [0.4, 0.5) is 0 Å². The van der Waals surface area contributed by atoms with Gasteiger partial charge in [-0.3, -0.25) is 0 Å². The van der Waals surface area contributed by atoms with E-state index in [2.05, 4.69) is 0 Å². The Morgan fingerprint density at radius 3 is 1.82 bits per heavy atom. The van der Waals surface area contributed by atoms with Crippen LogP contribution in [0.5, 0.6) is 0 Å². The Morgan fingerprint density at radius 1 is 1.09 bits per heavy atom. The molecule has 0 aliphatic heterocycles. The van der Waals surface area contributed by atoms with Gasteiger partial charge in [-0.05, 0) is 12.1 Å². The summed E-state index contributed by atoms with van der Waals surface area (Å²) in [6.07, 6.45) is 0. The molecule has 0 amide bonds. The van der Waals surface area contributed by atoms with E-state index in [0.29, 0.717) is 0 Å². The van der Waals surface area contributed by atoms with E-state index in [4.69, 9.17) is 0 Å². The van der Waals surface area contributed by atoms with E-state index < -0.39 is 10.1 Å². The monoisotopic (exact) mass is 290 g/mol. The van der Waals surface area contributed by atoms with Crippen molar-refractivity contribution >= 4 is 10.1 Å². The Balaban J connectivity index is 0.000001000. The second-order valence-electron chi connectivity index (χ2n) is 1.77. The zero-order valence-corrected chi connectivity index (χ0v) is 13.1. The van der Waals surface area contributed by atoms with Gasteiger partial charge >= 0.3 is 68.9 Å². The van der Waals surface area contributed by atoms with Crippen LogP contribution in [0.1, 0.15) is 0 Å². The predicted molar refractivity (Wildman–Crippen MR) is 34.4 cm³/mol. The van der Waals surface area contributed by atoms with Crippen LogP contribution in [0.15, 0.2) is 35.2 Å². The van der Waals surface area contributed by atoms with E-state index in [1.165, 1.54) is 24.3 Å². The molecular formula is C6H5CsO3S. The maximum atomic E-state index is 10.3. The van der Waals surface area contributed by atoms with E-state index in [0.717, 1.165) is 0 Å². The van der Waals surface area contributed by atoms with Gasteiger partial charge < -0.3 is 4.55 Å². The molecule has 0 aromatic heterocycles. The zero-order valence-electron chi connectivity index (χ0n) is 6.02. The summed E-state index contributed by atoms with van der Waals surface area (Å²) in [5.74, 6) is 0. The molecule has 0 aliphatic carbocycles. The molecule has 0 atom stereocenters. The third-order valence-corrected chi connectivity index (χ3v) is 1.88. The third-order valence-electron chi connectivity index (χ3n) is 1.03. The third kappa shape index (κ3) is 4.09. The van der Waals surface area contributed by atoms with Crippen molar-refractivity contribution < 1.29 is 81.9 Å². The first-order chi connectivity index (χ1) is 4.61. The van der Waals surface area contributed by atoms with Gasteiger partial charge in [0.25, 0.3) is 0 Å². The van der Waals surface area contributed by atoms with Gasteiger partial charge in [0.2, 0.25) is 0 Å². The van der Waals surface area contributed by atoms with E-state index in [1.54, 1.807) is 6.07 Å². The molecule has 0 bridgehead atoms. The first-order valence-electron chi connectivity index (χ1n) is 2.61. The minimum Gasteiger partial charge on any atom is -0.744 e. The Kier molecular flexibility index (Phi) is 5.57. The molecule has 0 radical (unpaired) electrons. The second kappa shape index (κ2) is 5.03. The average molecular weight is 290 g/mol. The fourth-order valence-electron chi connectivity index (χ4n) is 0.587. The molecule has 54 valence electrons. The Hall–Kier alpha value is 1.18. The molecule has 0 saturated heterocycles. The summed E-state index contributed by atoms with van der Waals surface area (Å²) in [5.41, 5.74) is 0. The quantitative estimate of drug-likeness (QED) is 0.542. The standard InChI is InChI=1S/C6H6O3S.Cs/c7-10(8,9)6-4-2-1-3-5-6;/h1-5H,(H,7,8,9);/q;+1/p-1. The maximum absolute atomic E-state index is 10.3. The number of benzene rings is 1. The van der Waals surface area contributed by atoms with Crippen molar-refractivity contribution in [3.63, 3.8) is 0 Å². The fraction of sp³-hybridized carbons (Fsp3) is 0. The first-order valence-corrected chi connectivity index (χ1v) is 4.02. The van der Waals surface area contributed by atoms with E-state index >= 15 is 0 Å². The molecular weight excluding hydrogens is 285 g/mol. The van der Waals surface area contributed by atoms with Gasteiger partial charge in [-0.15, -0.1) is 0 Å². The van der Waals surface area contributed by atoms with Gasteiger partial charge in [-0.2, -0.15) is 0 Å². The predicted octanol–water partition coefficient (Wildman–Crippen LogP) is -2.41. The summed E-state index contributed by atoms with van der Waals surface area (Å²) in [6.45, 7) is 0. The number of rotatable bonds is 1. The van der Waals surface area contributed by atoms with Crippen molar-refractivity contribution in [1.29, 1.82) is 0 Å². The van der Waals surface area contributed by atoms with Gasteiger partial charge in [0, 0.05) is 0 Å². The van der Waals surface area contributed by atoms with Crippen LogP contribution in [0, 0.1) is 0 Å². The Morgan fingerprint density at radius 2 is 1.55 bits per heavy atom. The van der Waals surface area contributed by atoms with Crippen LogP contribution in [0.2, 0.25) is 0 Å². The molecule has 5 heteroatoms. The molecule has 1 aromatic carbocycles. The summed E-state index contributed by atoms with van der Waals surface area (Å²) in [6, 6.07) is 7.19. The SMILES string of the molecule is O=S(=O)([O-])c1ccccc1.[Cs+]. The molecule has 0 saturated carbocycles. The summed E-state index contributed by atoms with van der Waals surface area (Å²) >= 11 is 0. The van der Waals surface area contributed by atoms with Crippen LogP contribution in [-0.4, -0.2) is 13.0 Å². The van der Waals surface area contributed by atoms with E-state index in [-0.39, 0.29) is 73.8 Å². The molecule has 1 aromatic rings. The molecule has 0 heterocycles. The van der Waals surface area contributed by atoms with Crippen molar-refractivity contribution in [2.24, 2.45) is 0 Å². The van der Waals surface area contributed by atoms with Crippen molar-refractivity contribution in [3.05, 3.63) is 30.3 Å². The molecule has 11 heavy (non-hydrogen) atoms. The minimum atomic E-state index is -4.25. The van der Waals surface area contributed by atoms with Gasteiger partial charge in [0.15, 0.2) is 0 Å². The van der Waals surface area contributed by atoms with Crippen molar-refractivity contribution in [2.45, 2.75) is 4.90 Å². The van der Waals surface area contributed by atoms with Crippen LogP contribution < -0.4 is 68.9 Å². The molecule has 0 N–H and O–H groups in total. The summed E-state index contributed by atoms with van der Waals surface area (Å²) < 4.78 is 30.8. The van der Waals surface area contributed by atoms with Crippen molar-refractivity contribution in [1.82, 2.24) is 0 Å². The van der Waals surface area contributed by atoms with Crippen LogP contribution in [0.3, 0.4) is 0 Å². The minimum absolute atomic E-state index is 0. The Bertz CT molecular complexity index is 306. The molecule has 3 nitrogen and oxygen atoms in total. The molecule has 0 fully saturated rings. The van der Waals surface area contributed by atoms with Crippen molar-refractivity contribution in [3.8, 4) is 0 Å². The normalized spacial score (nSPS) is 10.3. The van der Waals surface area contributed by atoms with E-state index in [1.807, 2.05) is 0 Å². The summed E-state index contributed by atoms with van der Waals surface area (Å²) in [5, 5.41) is 0. The maximum Gasteiger partial charge on any atom is 1.00 e. The fourth-order valence-corrected chi connectivity index (χ4v) is 1.08. The van der Waals surface area contributed by atoms with Crippen LogP contribution in [0.25, 0.3) is 0 Å². The first kappa shape index (κ1) is 12.2. The molecule has 0 aliphatic rings. The van der Waals surface area contributed by atoms with Crippen molar-refractivity contribution in [2.75, 3.05) is 0 Å². The number of hydrogen-bond donors (Lipinski definition) is 0. The summed E-state index contributed by atoms with van der Waals surface area (Å²) in [4.78, 5) is -0.185. The van der Waals surface area contributed by atoms with Crippen LogP contribution >= 0.6 is 0 Å². The average Bonchev–Trinajstić information content (AvgIpc) is 1.88. The largest absolute Gasteiger partial charge is 1.00 e. The topological polar surface area (TPSA) is 57.2 Å². The van der Waals surface area contributed by atoms with Gasteiger partial charge in [0.1, 0.15) is 10.1 Å². The van der Waals surface area contributed by atoms with Gasteiger partial charge in [-0.1, -0.05) is 18.2 Å². The molecule has 0 spiro atoms. The molecule has 0 unspecified atom stereocenters.